The van der Waals surface area contributed by atoms with Crippen LogP contribution in [0.3, 0.4) is 0 Å². The van der Waals surface area contributed by atoms with Crippen LogP contribution in [0.2, 0.25) is 0 Å². The van der Waals surface area contributed by atoms with Gasteiger partial charge in [0.15, 0.2) is 5.16 Å². The number of thioether (sulfide) groups is 1. The molecule has 1 N–H and O–H groups in total. The summed E-state index contributed by atoms with van der Waals surface area (Å²) in [4.78, 5) is 20.8. The second-order valence-corrected chi connectivity index (χ2v) is 5.20. The second kappa shape index (κ2) is 7.17. The lowest BCUT2D eigenvalue weighted by Gasteiger charge is -2.09. The van der Waals surface area contributed by atoms with Crippen LogP contribution in [0, 0.1) is 5.82 Å². The molecular formula is C15H16FN3OS. The first-order valence-electron chi connectivity index (χ1n) is 6.61. The Hall–Kier alpha value is -1.95. The van der Waals surface area contributed by atoms with Crippen LogP contribution in [0.5, 0.6) is 0 Å². The second-order valence-electron chi connectivity index (χ2n) is 4.43. The third kappa shape index (κ3) is 4.01. The number of carbonyl (C=O) groups excluding carboxylic acids is 1. The van der Waals surface area contributed by atoms with Crippen molar-refractivity contribution in [2.24, 2.45) is 0 Å². The molecule has 0 saturated carbocycles. The van der Waals surface area contributed by atoms with Crippen molar-refractivity contribution in [1.29, 1.82) is 0 Å². The van der Waals surface area contributed by atoms with Gasteiger partial charge in [-0.1, -0.05) is 25.1 Å². The highest BCUT2D eigenvalue weighted by atomic mass is 32.2. The topological polar surface area (TPSA) is 54.9 Å². The maximum atomic E-state index is 12.9. The number of rotatable bonds is 5. The number of nitrogens with one attached hydrogen (secondary N) is 1. The average Bonchev–Trinajstić information content (AvgIpc) is 2.49. The van der Waals surface area contributed by atoms with Crippen LogP contribution < -0.4 is 5.32 Å². The summed E-state index contributed by atoms with van der Waals surface area (Å²) < 4.78 is 12.9. The van der Waals surface area contributed by atoms with Crippen molar-refractivity contribution in [2.75, 3.05) is 11.6 Å². The van der Waals surface area contributed by atoms with E-state index in [2.05, 4.69) is 15.3 Å². The highest BCUT2D eigenvalue weighted by molar-refractivity contribution is 7.98. The molecular weight excluding hydrogens is 289 g/mol. The van der Waals surface area contributed by atoms with Crippen molar-refractivity contribution in [1.82, 2.24) is 9.97 Å². The number of amides is 1. The molecule has 21 heavy (non-hydrogen) atoms. The van der Waals surface area contributed by atoms with Crippen molar-refractivity contribution in [3.63, 3.8) is 0 Å². The van der Waals surface area contributed by atoms with Crippen molar-refractivity contribution < 1.29 is 9.18 Å². The predicted molar refractivity (Wildman–Crippen MR) is 82.2 cm³/mol. The van der Waals surface area contributed by atoms with Gasteiger partial charge >= 0.3 is 0 Å². The minimum atomic E-state index is -0.340. The number of carbonyl (C=O) groups is 1. The van der Waals surface area contributed by atoms with Crippen LogP contribution in [0.4, 0.5) is 10.1 Å². The van der Waals surface area contributed by atoms with Crippen LogP contribution >= 0.6 is 11.8 Å². The Morgan fingerprint density at radius 3 is 2.67 bits per heavy atom. The highest BCUT2D eigenvalue weighted by Crippen LogP contribution is 2.16. The summed E-state index contributed by atoms with van der Waals surface area (Å²) in [5.74, 6) is -0.620. The predicted octanol–water partition coefficient (Wildman–Crippen LogP) is 3.54. The Bertz CT molecular complexity index is 631. The Labute approximate surface area is 127 Å². The molecule has 2 rings (SSSR count). The molecule has 0 aliphatic heterocycles. The maximum Gasteiger partial charge on any atom is 0.259 e. The molecule has 0 fully saturated rings. The highest BCUT2D eigenvalue weighted by Gasteiger charge is 2.14. The Morgan fingerprint density at radius 2 is 2.05 bits per heavy atom. The van der Waals surface area contributed by atoms with Gasteiger partial charge in [0, 0.05) is 11.9 Å². The third-order valence-corrected chi connectivity index (χ3v) is 3.42. The van der Waals surface area contributed by atoms with Crippen molar-refractivity contribution in [3.8, 4) is 0 Å². The van der Waals surface area contributed by atoms with E-state index in [1.54, 1.807) is 6.20 Å². The molecule has 2 aromatic rings. The first-order valence-corrected chi connectivity index (χ1v) is 7.83. The van der Waals surface area contributed by atoms with Gasteiger partial charge < -0.3 is 5.32 Å². The normalized spacial score (nSPS) is 10.4. The SMILES string of the molecule is CCCc1nc(SC)ncc1C(=O)Nc1ccc(F)cc1. The number of anilines is 1. The van der Waals surface area contributed by atoms with Gasteiger partial charge in [-0.05, 0) is 36.9 Å². The van der Waals surface area contributed by atoms with Crippen molar-refractivity contribution >= 4 is 23.4 Å². The van der Waals surface area contributed by atoms with Gasteiger partial charge in [0.2, 0.25) is 0 Å². The first-order chi connectivity index (χ1) is 10.1. The molecule has 4 nitrogen and oxygen atoms in total. The Balaban J connectivity index is 2.23. The molecule has 0 aliphatic rings. The van der Waals surface area contributed by atoms with E-state index < -0.39 is 0 Å². The number of benzene rings is 1. The summed E-state index contributed by atoms with van der Waals surface area (Å²) in [6, 6.07) is 5.64. The van der Waals surface area contributed by atoms with Gasteiger partial charge in [0.25, 0.3) is 5.91 Å². The summed E-state index contributed by atoms with van der Waals surface area (Å²) in [7, 11) is 0. The first kappa shape index (κ1) is 15.4. The van der Waals surface area contributed by atoms with Gasteiger partial charge in [-0.2, -0.15) is 0 Å². The quantitative estimate of drug-likeness (QED) is 0.678. The van der Waals surface area contributed by atoms with E-state index >= 15 is 0 Å². The van der Waals surface area contributed by atoms with Crippen LogP contribution in [-0.2, 0) is 6.42 Å². The molecule has 1 heterocycles. The van der Waals surface area contributed by atoms with Crippen LogP contribution in [0.15, 0.2) is 35.6 Å². The number of hydrogen-bond acceptors (Lipinski definition) is 4. The van der Waals surface area contributed by atoms with Crippen LogP contribution in [-0.4, -0.2) is 22.1 Å². The number of aryl methyl sites for hydroxylation is 1. The molecule has 0 bridgehead atoms. The van der Waals surface area contributed by atoms with Crippen LogP contribution in [0.1, 0.15) is 29.4 Å². The molecule has 1 amide bonds. The maximum absolute atomic E-state index is 12.9. The van der Waals surface area contributed by atoms with E-state index in [0.29, 0.717) is 22.8 Å². The minimum absolute atomic E-state index is 0.280. The lowest BCUT2D eigenvalue weighted by molar-refractivity contribution is 0.102. The van der Waals surface area contributed by atoms with Crippen molar-refractivity contribution in [2.45, 2.75) is 24.9 Å². The third-order valence-electron chi connectivity index (χ3n) is 2.86. The number of hydrogen-bond donors (Lipinski definition) is 1. The summed E-state index contributed by atoms with van der Waals surface area (Å²) in [6.07, 6.45) is 5.04. The lowest BCUT2D eigenvalue weighted by atomic mass is 10.1. The molecule has 0 atom stereocenters. The summed E-state index contributed by atoms with van der Waals surface area (Å²) in [5.41, 5.74) is 1.73. The van der Waals surface area contributed by atoms with Gasteiger partial charge in [-0.3, -0.25) is 4.79 Å². The van der Waals surface area contributed by atoms with E-state index in [0.717, 1.165) is 12.1 Å². The smallest absolute Gasteiger partial charge is 0.259 e. The van der Waals surface area contributed by atoms with Gasteiger partial charge in [-0.15, -0.1) is 0 Å². The molecule has 1 aromatic heterocycles. The summed E-state index contributed by atoms with van der Waals surface area (Å²) in [5, 5.41) is 3.38. The van der Waals surface area contributed by atoms with E-state index in [1.807, 2.05) is 13.2 Å². The zero-order valence-corrected chi connectivity index (χ0v) is 12.7. The minimum Gasteiger partial charge on any atom is -0.322 e. The molecule has 0 radical (unpaired) electrons. The zero-order valence-electron chi connectivity index (χ0n) is 11.9. The zero-order chi connectivity index (χ0) is 15.2. The number of halogens is 1. The average molecular weight is 305 g/mol. The monoisotopic (exact) mass is 305 g/mol. The van der Waals surface area contributed by atoms with E-state index in [4.69, 9.17) is 0 Å². The molecule has 0 unspecified atom stereocenters. The fraction of sp³-hybridized carbons (Fsp3) is 0.267. The fourth-order valence-electron chi connectivity index (χ4n) is 1.85. The number of aromatic nitrogens is 2. The number of nitrogens with zero attached hydrogens (tertiary/aromatic N) is 2. The standard InChI is InChI=1S/C15H16FN3OS/c1-3-4-13-12(9-17-15(19-13)21-2)14(20)18-11-7-5-10(16)6-8-11/h5-9H,3-4H2,1-2H3,(H,18,20). The van der Waals surface area contributed by atoms with E-state index in [-0.39, 0.29) is 11.7 Å². The largest absolute Gasteiger partial charge is 0.322 e. The van der Waals surface area contributed by atoms with Crippen molar-refractivity contribution in [3.05, 3.63) is 47.5 Å². The molecule has 110 valence electrons. The van der Waals surface area contributed by atoms with Gasteiger partial charge in [0.1, 0.15) is 5.82 Å². The van der Waals surface area contributed by atoms with Crippen LogP contribution in [0.25, 0.3) is 0 Å². The summed E-state index contributed by atoms with van der Waals surface area (Å²) in [6.45, 7) is 2.03. The molecule has 0 spiro atoms. The Kier molecular flexibility index (Phi) is 5.27. The summed E-state index contributed by atoms with van der Waals surface area (Å²) >= 11 is 1.44. The fourth-order valence-corrected chi connectivity index (χ4v) is 2.21. The Morgan fingerprint density at radius 1 is 1.33 bits per heavy atom. The lowest BCUT2D eigenvalue weighted by Crippen LogP contribution is -2.16. The molecule has 6 heteroatoms. The molecule has 0 aliphatic carbocycles. The van der Waals surface area contributed by atoms with Gasteiger partial charge in [-0.25, -0.2) is 14.4 Å². The van der Waals surface area contributed by atoms with Gasteiger partial charge in [0.05, 0.1) is 11.3 Å². The van der Waals surface area contributed by atoms with E-state index in [9.17, 15) is 9.18 Å². The van der Waals surface area contributed by atoms with E-state index in [1.165, 1.54) is 36.0 Å². The molecule has 0 saturated heterocycles. The molecule has 1 aromatic carbocycles.